The lowest BCUT2D eigenvalue weighted by Gasteiger charge is -2.17. The van der Waals surface area contributed by atoms with E-state index in [1.54, 1.807) is 12.1 Å². The molecular formula is C19H22F2N2O2. The molecule has 0 atom stereocenters. The van der Waals surface area contributed by atoms with Crippen molar-refractivity contribution < 1.29 is 18.3 Å². The van der Waals surface area contributed by atoms with Gasteiger partial charge in [0.05, 0.1) is 6.54 Å². The summed E-state index contributed by atoms with van der Waals surface area (Å²) in [5, 5.41) is 2.86. The van der Waals surface area contributed by atoms with E-state index in [4.69, 9.17) is 0 Å². The molecule has 134 valence electrons. The van der Waals surface area contributed by atoms with E-state index >= 15 is 0 Å². The van der Waals surface area contributed by atoms with E-state index in [9.17, 15) is 13.6 Å². The number of benzene rings is 2. The van der Waals surface area contributed by atoms with Crippen molar-refractivity contribution in [3.8, 4) is 5.75 Å². The van der Waals surface area contributed by atoms with Crippen LogP contribution in [0.15, 0.2) is 48.5 Å². The Kier molecular flexibility index (Phi) is 6.89. The van der Waals surface area contributed by atoms with Gasteiger partial charge in [0.25, 0.3) is 0 Å². The highest BCUT2D eigenvalue weighted by Gasteiger charge is 2.09. The number of carbonyl (C=O) groups excluding carboxylic acids is 1. The van der Waals surface area contributed by atoms with Gasteiger partial charge in [0.2, 0.25) is 5.91 Å². The van der Waals surface area contributed by atoms with Gasteiger partial charge in [0.15, 0.2) is 0 Å². The normalized spacial score (nSPS) is 11.0. The number of carbonyl (C=O) groups is 1. The Balaban J connectivity index is 1.82. The molecule has 4 nitrogen and oxygen atoms in total. The SMILES string of the molecule is CCc1ccc(NC(=O)CN(C)Cc2ccc(OC(F)F)cc2)cc1. The van der Waals surface area contributed by atoms with Crippen LogP contribution in [0.5, 0.6) is 5.75 Å². The van der Waals surface area contributed by atoms with Gasteiger partial charge in [-0.15, -0.1) is 0 Å². The molecule has 1 amide bonds. The monoisotopic (exact) mass is 348 g/mol. The summed E-state index contributed by atoms with van der Waals surface area (Å²) in [6, 6.07) is 14.1. The molecule has 6 heteroatoms. The zero-order valence-electron chi connectivity index (χ0n) is 14.3. The standard InChI is InChI=1S/C19H22F2N2O2/c1-3-14-4-8-16(9-5-14)22-18(24)13-23(2)12-15-6-10-17(11-7-15)25-19(20)21/h4-11,19H,3,12-13H2,1-2H3,(H,22,24). The number of halogens is 2. The molecule has 0 heterocycles. The maximum atomic E-state index is 12.1. The fourth-order valence-electron chi connectivity index (χ4n) is 2.41. The molecule has 2 aromatic rings. The highest BCUT2D eigenvalue weighted by Crippen LogP contribution is 2.16. The van der Waals surface area contributed by atoms with Crippen molar-refractivity contribution in [1.82, 2.24) is 4.90 Å². The van der Waals surface area contributed by atoms with Crippen LogP contribution in [0, 0.1) is 0 Å². The van der Waals surface area contributed by atoms with Gasteiger partial charge < -0.3 is 10.1 Å². The average molecular weight is 348 g/mol. The number of likely N-dealkylation sites (N-methyl/N-ethyl adjacent to an activating group) is 1. The summed E-state index contributed by atoms with van der Waals surface area (Å²) in [7, 11) is 1.82. The number of rotatable bonds is 8. The van der Waals surface area contributed by atoms with Gasteiger partial charge in [-0.05, 0) is 48.9 Å². The summed E-state index contributed by atoms with van der Waals surface area (Å²) in [6.45, 7) is 0.0000448. The summed E-state index contributed by atoms with van der Waals surface area (Å²) in [6.07, 6.45) is 0.956. The van der Waals surface area contributed by atoms with Crippen LogP contribution in [0.4, 0.5) is 14.5 Å². The van der Waals surface area contributed by atoms with E-state index in [2.05, 4.69) is 17.0 Å². The van der Waals surface area contributed by atoms with Crippen molar-refractivity contribution in [1.29, 1.82) is 0 Å². The third-order valence-electron chi connectivity index (χ3n) is 3.66. The molecule has 2 rings (SSSR count). The minimum atomic E-state index is -2.83. The fourth-order valence-corrected chi connectivity index (χ4v) is 2.41. The van der Waals surface area contributed by atoms with E-state index in [0.29, 0.717) is 6.54 Å². The van der Waals surface area contributed by atoms with Crippen LogP contribution >= 0.6 is 0 Å². The summed E-state index contributed by atoms with van der Waals surface area (Å²) < 4.78 is 28.6. The Hall–Kier alpha value is -2.47. The van der Waals surface area contributed by atoms with Crippen LogP contribution in [-0.4, -0.2) is 31.0 Å². The highest BCUT2D eigenvalue weighted by atomic mass is 19.3. The average Bonchev–Trinajstić information content (AvgIpc) is 2.56. The Morgan fingerprint density at radius 2 is 1.68 bits per heavy atom. The number of ether oxygens (including phenoxy) is 1. The first-order chi connectivity index (χ1) is 12.0. The van der Waals surface area contributed by atoms with Crippen molar-refractivity contribution >= 4 is 11.6 Å². The molecule has 0 bridgehead atoms. The molecule has 0 aliphatic carbocycles. The molecule has 0 unspecified atom stereocenters. The van der Waals surface area contributed by atoms with Crippen LogP contribution < -0.4 is 10.1 Å². The van der Waals surface area contributed by atoms with E-state index < -0.39 is 6.61 Å². The summed E-state index contributed by atoms with van der Waals surface area (Å²) >= 11 is 0. The van der Waals surface area contributed by atoms with Gasteiger partial charge >= 0.3 is 6.61 Å². The number of alkyl halides is 2. The Morgan fingerprint density at radius 3 is 2.24 bits per heavy atom. The first kappa shape index (κ1) is 18.9. The number of amides is 1. The summed E-state index contributed by atoms with van der Waals surface area (Å²) in [5.74, 6) is 0.0130. The van der Waals surface area contributed by atoms with Gasteiger partial charge in [0.1, 0.15) is 5.75 Å². The van der Waals surface area contributed by atoms with Gasteiger partial charge in [-0.3, -0.25) is 9.69 Å². The maximum absolute atomic E-state index is 12.1. The van der Waals surface area contributed by atoms with Crippen molar-refractivity contribution in [2.45, 2.75) is 26.5 Å². The van der Waals surface area contributed by atoms with E-state index in [1.807, 2.05) is 36.2 Å². The molecule has 0 radical (unpaired) electrons. The molecular weight excluding hydrogens is 326 g/mol. The number of aryl methyl sites for hydroxylation is 1. The predicted octanol–water partition coefficient (Wildman–Crippen LogP) is 3.92. The molecule has 0 saturated carbocycles. The molecule has 0 aromatic heterocycles. The molecule has 0 saturated heterocycles. The number of anilines is 1. The smallest absolute Gasteiger partial charge is 0.387 e. The third kappa shape index (κ3) is 6.51. The molecule has 0 aliphatic heterocycles. The van der Waals surface area contributed by atoms with E-state index in [0.717, 1.165) is 17.7 Å². The van der Waals surface area contributed by atoms with Gasteiger partial charge in [0, 0.05) is 12.2 Å². The lowest BCUT2D eigenvalue weighted by Crippen LogP contribution is -2.29. The summed E-state index contributed by atoms with van der Waals surface area (Å²) in [4.78, 5) is 13.9. The predicted molar refractivity (Wildman–Crippen MR) is 93.9 cm³/mol. The molecule has 25 heavy (non-hydrogen) atoms. The molecule has 0 fully saturated rings. The molecule has 0 spiro atoms. The second-order valence-corrected chi connectivity index (χ2v) is 5.79. The second kappa shape index (κ2) is 9.13. The van der Waals surface area contributed by atoms with Crippen molar-refractivity contribution in [2.75, 3.05) is 18.9 Å². The van der Waals surface area contributed by atoms with Crippen molar-refractivity contribution in [2.24, 2.45) is 0 Å². The third-order valence-corrected chi connectivity index (χ3v) is 3.66. The van der Waals surface area contributed by atoms with Gasteiger partial charge in [-0.2, -0.15) is 8.78 Å². The van der Waals surface area contributed by atoms with Crippen LogP contribution in [-0.2, 0) is 17.8 Å². The minimum absolute atomic E-state index is 0.107. The lowest BCUT2D eigenvalue weighted by molar-refractivity contribution is -0.117. The van der Waals surface area contributed by atoms with Gasteiger partial charge in [-0.1, -0.05) is 31.2 Å². The van der Waals surface area contributed by atoms with Crippen molar-refractivity contribution in [3.05, 3.63) is 59.7 Å². The van der Waals surface area contributed by atoms with Crippen LogP contribution in [0.3, 0.4) is 0 Å². The van der Waals surface area contributed by atoms with Gasteiger partial charge in [-0.25, -0.2) is 0 Å². The maximum Gasteiger partial charge on any atom is 0.387 e. The highest BCUT2D eigenvalue weighted by molar-refractivity contribution is 5.92. The first-order valence-electron chi connectivity index (χ1n) is 8.07. The Bertz CT molecular complexity index is 673. The number of nitrogens with zero attached hydrogens (tertiary/aromatic N) is 1. The largest absolute Gasteiger partial charge is 0.435 e. The van der Waals surface area contributed by atoms with Crippen LogP contribution in [0.2, 0.25) is 0 Å². The first-order valence-corrected chi connectivity index (χ1v) is 8.07. The van der Waals surface area contributed by atoms with Crippen molar-refractivity contribution in [3.63, 3.8) is 0 Å². The Morgan fingerprint density at radius 1 is 1.08 bits per heavy atom. The number of hydrogen-bond donors (Lipinski definition) is 1. The molecule has 0 aliphatic rings. The molecule has 1 N–H and O–H groups in total. The fraction of sp³-hybridized carbons (Fsp3) is 0.316. The van der Waals surface area contributed by atoms with E-state index in [-0.39, 0.29) is 18.2 Å². The van der Waals surface area contributed by atoms with E-state index in [1.165, 1.54) is 17.7 Å². The van der Waals surface area contributed by atoms with Crippen LogP contribution in [0.1, 0.15) is 18.1 Å². The topological polar surface area (TPSA) is 41.6 Å². The molecule has 2 aromatic carbocycles. The summed E-state index contributed by atoms with van der Waals surface area (Å²) in [5.41, 5.74) is 2.89. The Labute approximate surface area is 146 Å². The zero-order chi connectivity index (χ0) is 18.2. The zero-order valence-corrected chi connectivity index (χ0v) is 14.3. The number of hydrogen-bond acceptors (Lipinski definition) is 3. The quantitative estimate of drug-likeness (QED) is 0.786. The van der Waals surface area contributed by atoms with Crippen LogP contribution in [0.25, 0.3) is 0 Å². The second-order valence-electron chi connectivity index (χ2n) is 5.79. The minimum Gasteiger partial charge on any atom is -0.435 e. The lowest BCUT2D eigenvalue weighted by atomic mass is 10.1. The number of nitrogens with one attached hydrogen (secondary N) is 1.